The summed E-state index contributed by atoms with van der Waals surface area (Å²) < 4.78 is 1.12. The lowest BCUT2D eigenvalue weighted by Crippen LogP contribution is -1.99. The van der Waals surface area contributed by atoms with Crippen molar-refractivity contribution in [1.29, 1.82) is 0 Å². The van der Waals surface area contributed by atoms with E-state index in [0.29, 0.717) is 0 Å². The maximum absolute atomic E-state index is 3.51. The molecule has 0 atom stereocenters. The van der Waals surface area contributed by atoms with Gasteiger partial charge in [0.1, 0.15) is 0 Å². The maximum Gasteiger partial charge on any atom is 0.0489 e. The summed E-state index contributed by atoms with van der Waals surface area (Å²) in [4.78, 5) is 0. The first-order chi connectivity index (χ1) is 6.59. The van der Waals surface area contributed by atoms with Crippen molar-refractivity contribution in [3.63, 3.8) is 0 Å². The Morgan fingerprint density at radius 1 is 1.43 bits per heavy atom. The van der Waals surface area contributed by atoms with Gasteiger partial charge in [-0.2, -0.15) is 0 Å². The minimum atomic E-state index is 0.879. The molecule has 0 heterocycles. The van der Waals surface area contributed by atoms with Crippen LogP contribution in [0.15, 0.2) is 34.3 Å². The fourth-order valence-corrected chi connectivity index (χ4v) is 1.53. The molecule has 0 amide bonds. The molecule has 0 aromatic heterocycles. The van der Waals surface area contributed by atoms with Gasteiger partial charge < -0.3 is 5.32 Å². The number of anilines is 1. The Hall–Kier alpha value is -0.760. The Morgan fingerprint density at radius 2 is 2.14 bits per heavy atom. The zero-order chi connectivity index (χ0) is 10.6. The zero-order valence-electron chi connectivity index (χ0n) is 8.89. The summed E-state index contributed by atoms with van der Waals surface area (Å²) in [6.45, 7) is 7.18. The number of allylic oxidation sites excluding steroid dienone is 1. The molecule has 14 heavy (non-hydrogen) atoms. The van der Waals surface area contributed by atoms with Gasteiger partial charge in [-0.05, 0) is 54.4 Å². The van der Waals surface area contributed by atoms with Gasteiger partial charge in [-0.15, -0.1) is 0 Å². The van der Waals surface area contributed by atoms with Gasteiger partial charge in [0.2, 0.25) is 0 Å². The van der Waals surface area contributed by atoms with Crippen molar-refractivity contribution in [2.45, 2.75) is 20.8 Å². The molecule has 0 spiro atoms. The molecule has 0 radical (unpaired) electrons. The summed E-state index contributed by atoms with van der Waals surface area (Å²) >= 11 is 3.51. The molecule has 0 aliphatic rings. The van der Waals surface area contributed by atoms with Gasteiger partial charge in [0.05, 0.1) is 0 Å². The van der Waals surface area contributed by atoms with Gasteiger partial charge in [-0.1, -0.05) is 17.7 Å². The van der Waals surface area contributed by atoms with E-state index in [1.165, 1.54) is 11.1 Å². The standard InChI is InChI=1S/C12H16BrN/c1-9(2)6-7-14-12-8-10(3)4-5-11(12)13/h4-6,8,14H,7H2,1-3H3. The topological polar surface area (TPSA) is 12.0 Å². The molecule has 0 fully saturated rings. The summed E-state index contributed by atoms with van der Waals surface area (Å²) in [5, 5.41) is 3.36. The molecular weight excluding hydrogens is 238 g/mol. The number of nitrogens with one attached hydrogen (secondary N) is 1. The van der Waals surface area contributed by atoms with E-state index in [4.69, 9.17) is 0 Å². The van der Waals surface area contributed by atoms with Crippen LogP contribution in [0.4, 0.5) is 5.69 Å². The molecular formula is C12H16BrN. The fraction of sp³-hybridized carbons (Fsp3) is 0.333. The Labute approximate surface area is 94.3 Å². The quantitative estimate of drug-likeness (QED) is 0.799. The first-order valence-corrected chi connectivity index (χ1v) is 5.52. The summed E-state index contributed by atoms with van der Waals surface area (Å²) in [6.07, 6.45) is 2.18. The van der Waals surface area contributed by atoms with Crippen molar-refractivity contribution in [1.82, 2.24) is 0 Å². The van der Waals surface area contributed by atoms with Crippen molar-refractivity contribution in [2.75, 3.05) is 11.9 Å². The van der Waals surface area contributed by atoms with E-state index in [0.717, 1.165) is 16.7 Å². The van der Waals surface area contributed by atoms with E-state index in [2.05, 4.69) is 66.3 Å². The molecule has 76 valence electrons. The summed E-state index contributed by atoms with van der Waals surface area (Å²) in [5.74, 6) is 0. The third kappa shape index (κ3) is 3.54. The first kappa shape index (κ1) is 11.3. The van der Waals surface area contributed by atoms with Crippen molar-refractivity contribution < 1.29 is 0 Å². The highest BCUT2D eigenvalue weighted by Gasteiger charge is 1.97. The second kappa shape index (κ2) is 5.20. The van der Waals surface area contributed by atoms with Crippen LogP contribution >= 0.6 is 15.9 Å². The lowest BCUT2D eigenvalue weighted by Gasteiger charge is -2.07. The second-order valence-electron chi connectivity index (χ2n) is 3.65. The Bertz CT molecular complexity index is 338. The summed E-state index contributed by atoms with van der Waals surface area (Å²) in [6, 6.07) is 6.30. The average Bonchev–Trinajstić information content (AvgIpc) is 2.10. The molecule has 0 aliphatic carbocycles. The highest BCUT2D eigenvalue weighted by atomic mass is 79.9. The van der Waals surface area contributed by atoms with Gasteiger partial charge in [-0.25, -0.2) is 0 Å². The smallest absolute Gasteiger partial charge is 0.0489 e. The number of hydrogen-bond donors (Lipinski definition) is 1. The van der Waals surface area contributed by atoms with Crippen molar-refractivity contribution in [3.05, 3.63) is 39.9 Å². The SMILES string of the molecule is CC(C)=CCNc1cc(C)ccc1Br. The highest BCUT2D eigenvalue weighted by molar-refractivity contribution is 9.10. The molecule has 1 N–H and O–H groups in total. The fourth-order valence-electron chi connectivity index (χ4n) is 1.14. The molecule has 0 bridgehead atoms. The Kier molecular flexibility index (Phi) is 4.21. The molecule has 1 aromatic rings. The monoisotopic (exact) mass is 253 g/mol. The maximum atomic E-state index is 3.51. The van der Waals surface area contributed by atoms with Crippen LogP contribution in [0.25, 0.3) is 0 Å². The van der Waals surface area contributed by atoms with Gasteiger partial charge in [0.15, 0.2) is 0 Å². The van der Waals surface area contributed by atoms with Crippen LogP contribution in [-0.2, 0) is 0 Å². The molecule has 0 saturated heterocycles. The summed E-state index contributed by atoms with van der Waals surface area (Å²) in [5.41, 5.74) is 3.76. The second-order valence-corrected chi connectivity index (χ2v) is 4.50. The normalized spacial score (nSPS) is 9.71. The number of halogens is 1. The minimum absolute atomic E-state index is 0.879. The molecule has 0 unspecified atom stereocenters. The lowest BCUT2D eigenvalue weighted by atomic mass is 10.2. The van der Waals surface area contributed by atoms with Crippen LogP contribution < -0.4 is 5.32 Å². The van der Waals surface area contributed by atoms with Crippen LogP contribution in [0, 0.1) is 6.92 Å². The molecule has 2 heteroatoms. The van der Waals surface area contributed by atoms with Gasteiger partial charge in [-0.3, -0.25) is 0 Å². The predicted octanol–water partition coefficient (Wildman–Crippen LogP) is 4.14. The van der Waals surface area contributed by atoms with Crippen LogP contribution in [0.1, 0.15) is 19.4 Å². The minimum Gasteiger partial charge on any atom is -0.381 e. The molecule has 1 aromatic carbocycles. The van der Waals surface area contributed by atoms with E-state index in [9.17, 15) is 0 Å². The third-order valence-electron chi connectivity index (χ3n) is 1.92. The number of rotatable bonds is 3. The van der Waals surface area contributed by atoms with E-state index in [-0.39, 0.29) is 0 Å². The van der Waals surface area contributed by atoms with Gasteiger partial charge in [0, 0.05) is 16.7 Å². The van der Waals surface area contributed by atoms with E-state index in [1.807, 2.05) is 0 Å². The largest absolute Gasteiger partial charge is 0.381 e. The van der Waals surface area contributed by atoms with Crippen LogP contribution in [0.3, 0.4) is 0 Å². The molecule has 1 nitrogen and oxygen atoms in total. The van der Waals surface area contributed by atoms with Crippen molar-refractivity contribution in [2.24, 2.45) is 0 Å². The summed E-state index contributed by atoms with van der Waals surface area (Å²) in [7, 11) is 0. The Balaban J connectivity index is 2.67. The van der Waals surface area contributed by atoms with Crippen molar-refractivity contribution >= 4 is 21.6 Å². The first-order valence-electron chi connectivity index (χ1n) is 4.73. The molecule has 1 rings (SSSR count). The zero-order valence-corrected chi connectivity index (χ0v) is 10.5. The average molecular weight is 254 g/mol. The molecule has 0 aliphatic heterocycles. The van der Waals surface area contributed by atoms with Crippen LogP contribution in [-0.4, -0.2) is 6.54 Å². The highest BCUT2D eigenvalue weighted by Crippen LogP contribution is 2.22. The number of hydrogen-bond acceptors (Lipinski definition) is 1. The third-order valence-corrected chi connectivity index (χ3v) is 2.62. The predicted molar refractivity (Wildman–Crippen MR) is 66.8 cm³/mol. The number of aryl methyl sites for hydroxylation is 1. The van der Waals surface area contributed by atoms with Gasteiger partial charge >= 0.3 is 0 Å². The van der Waals surface area contributed by atoms with Crippen molar-refractivity contribution in [3.8, 4) is 0 Å². The van der Waals surface area contributed by atoms with Crippen LogP contribution in [0.2, 0.25) is 0 Å². The van der Waals surface area contributed by atoms with E-state index < -0.39 is 0 Å². The van der Waals surface area contributed by atoms with Gasteiger partial charge in [0.25, 0.3) is 0 Å². The lowest BCUT2D eigenvalue weighted by molar-refractivity contribution is 1.25. The van der Waals surface area contributed by atoms with E-state index in [1.54, 1.807) is 0 Å². The van der Waals surface area contributed by atoms with Crippen LogP contribution in [0.5, 0.6) is 0 Å². The van der Waals surface area contributed by atoms with E-state index >= 15 is 0 Å². The Morgan fingerprint density at radius 3 is 2.79 bits per heavy atom. The number of benzene rings is 1. The molecule has 0 saturated carbocycles.